The van der Waals surface area contributed by atoms with Crippen LogP contribution in [-0.4, -0.2) is 5.91 Å². The van der Waals surface area contributed by atoms with Gasteiger partial charge in [0.1, 0.15) is 0 Å². The lowest BCUT2D eigenvalue weighted by molar-refractivity contribution is -0.121. The molecule has 0 atom stereocenters. The summed E-state index contributed by atoms with van der Waals surface area (Å²) in [5.74, 6) is 1.26. The summed E-state index contributed by atoms with van der Waals surface area (Å²) in [6.07, 6.45) is 8.51. The van der Waals surface area contributed by atoms with Crippen LogP contribution in [0.1, 0.15) is 57.4 Å². The number of carbonyl (C=O) groups excluding carboxylic acids is 1. The molecule has 1 saturated carbocycles. The number of hydrogen-bond acceptors (Lipinski definition) is 1. The van der Waals surface area contributed by atoms with E-state index in [4.69, 9.17) is 0 Å². The summed E-state index contributed by atoms with van der Waals surface area (Å²) < 4.78 is 0. The third-order valence-corrected chi connectivity index (χ3v) is 5.18. The Kier molecular flexibility index (Phi) is 6.75. The van der Waals surface area contributed by atoms with Crippen LogP contribution in [0.5, 0.6) is 0 Å². The lowest BCUT2D eigenvalue weighted by Crippen LogP contribution is -2.27. The first-order chi connectivity index (χ1) is 10.2. The summed E-state index contributed by atoms with van der Waals surface area (Å²) in [5, 5.41) is 3.90. The molecule has 1 aromatic rings. The van der Waals surface area contributed by atoms with Crippen molar-refractivity contribution in [1.29, 1.82) is 0 Å². The molecular weight excluding hydrogens is 326 g/mol. The topological polar surface area (TPSA) is 29.1 Å². The van der Waals surface area contributed by atoms with Gasteiger partial charge in [0.25, 0.3) is 0 Å². The molecule has 1 fully saturated rings. The molecule has 0 spiro atoms. The number of carbonyl (C=O) groups is 1. The summed E-state index contributed by atoms with van der Waals surface area (Å²) in [4.78, 5) is 12.4. The number of rotatable bonds is 6. The average Bonchev–Trinajstić information content (AvgIpc) is 2.53. The molecule has 1 amide bonds. The maximum Gasteiger partial charge on any atom is 0.227 e. The average molecular weight is 352 g/mol. The molecule has 0 aromatic heterocycles. The molecule has 0 saturated heterocycles. The fraction of sp³-hybridized carbons (Fsp3) is 0.611. The third kappa shape index (κ3) is 5.14. The van der Waals surface area contributed by atoms with E-state index in [2.05, 4.69) is 34.2 Å². The van der Waals surface area contributed by atoms with Gasteiger partial charge < -0.3 is 5.32 Å². The maximum atomic E-state index is 12.4. The highest BCUT2D eigenvalue weighted by atomic mass is 79.9. The Bertz CT molecular complexity index is 452. The summed E-state index contributed by atoms with van der Waals surface area (Å²) in [6.45, 7) is 2.25. The molecule has 1 aliphatic rings. The lowest BCUT2D eigenvalue weighted by Gasteiger charge is -2.27. The van der Waals surface area contributed by atoms with Crippen molar-refractivity contribution < 1.29 is 4.79 Å². The number of amides is 1. The van der Waals surface area contributed by atoms with Gasteiger partial charge in [-0.25, -0.2) is 0 Å². The molecule has 2 rings (SSSR count). The van der Waals surface area contributed by atoms with Gasteiger partial charge in [-0.15, -0.1) is 0 Å². The zero-order valence-corrected chi connectivity index (χ0v) is 14.5. The van der Waals surface area contributed by atoms with Crippen molar-refractivity contribution in [2.75, 3.05) is 5.32 Å². The normalized spacial score (nSPS) is 22.0. The Morgan fingerprint density at radius 1 is 1.29 bits per heavy atom. The molecule has 116 valence electrons. The number of benzene rings is 1. The molecule has 2 nitrogen and oxygen atoms in total. The minimum Gasteiger partial charge on any atom is -0.326 e. The van der Waals surface area contributed by atoms with E-state index in [0.29, 0.717) is 0 Å². The first kappa shape index (κ1) is 16.5. The highest BCUT2D eigenvalue weighted by Gasteiger charge is 2.25. The van der Waals surface area contributed by atoms with Crippen LogP contribution in [0.3, 0.4) is 0 Å². The van der Waals surface area contributed by atoms with E-state index in [0.717, 1.165) is 29.8 Å². The second-order valence-electron chi connectivity index (χ2n) is 6.18. The number of alkyl halides is 1. The van der Waals surface area contributed by atoms with Gasteiger partial charge in [-0.3, -0.25) is 4.79 Å². The largest absolute Gasteiger partial charge is 0.326 e. The molecular formula is C18H26BrNO. The molecule has 0 bridgehead atoms. The van der Waals surface area contributed by atoms with E-state index in [-0.39, 0.29) is 11.8 Å². The summed E-state index contributed by atoms with van der Waals surface area (Å²) >= 11 is 3.45. The molecule has 21 heavy (non-hydrogen) atoms. The predicted octanol–water partition coefficient (Wildman–Crippen LogP) is 5.52. The standard InChI is InChI=1S/C18H26BrNO/c1-2-3-5-14-8-10-16(11-9-14)18(21)20-17-7-4-6-15(12-17)13-19/h4,6-7,12,14,16H,2-3,5,8-11,13H2,1H3,(H,20,21). The molecule has 0 aliphatic heterocycles. The highest BCUT2D eigenvalue weighted by molar-refractivity contribution is 9.08. The van der Waals surface area contributed by atoms with Gasteiger partial charge >= 0.3 is 0 Å². The smallest absolute Gasteiger partial charge is 0.227 e. The van der Waals surface area contributed by atoms with Gasteiger partial charge in [0.05, 0.1) is 0 Å². The summed E-state index contributed by atoms with van der Waals surface area (Å²) in [6, 6.07) is 8.06. The SMILES string of the molecule is CCCCC1CCC(C(=O)Nc2cccc(CBr)c2)CC1. The minimum absolute atomic E-state index is 0.204. The lowest BCUT2D eigenvalue weighted by atomic mass is 9.79. The van der Waals surface area contributed by atoms with Crippen LogP contribution in [0.2, 0.25) is 0 Å². The van der Waals surface area contributed by atoms with Gasteiger partial charge in [-0.2, -0.15) is 0 Å². The van der Waals surface area contributed by atoms with Crippen LogP contribution in [0.15, 0.2) is 24.3 Å². The van der Waals surface area contributed by atoms with Gasteiger partial charge in [-0.05, 0) is 49.3 Å². The zero-order chi connectivity index (χ0) is 15.1. The first-order valence-electron chi connectivity index (χ1n) is 8.18. The molecule has 0 unspecified atom stereocenters. The van der Waals surface area contributed by atoms with E-state index >= 15 is 0 Å². The van der Waals surface area contributed by atoms with Gasteiger partial charge in [0, 0.05) is 16.9 Å². The van der Waals surface area contributed by atoms with Crippen LogP contribution in [-0.2, 0) is 10.1 Å². The molecule has 1 aliphatic carbocycles. The summed E-state index contributed by atoms with van der Waals surface area (Å²) in [7, 11) is 0. The van der Waals surface area contributed by atoms with E-state index in [1.54, 1.807) is 0 Å². The maximum absolute atomic E-state index is 12.4. The number of halogens is 1. The number of hydrogen-bond donors (Lipinski definition) is 1. The van der Waals surface area contributed by atoms with Crippen LogP contribution < -0.4 is 5.32 Å². The van der Waals surface area contributed by atoms with Gasteiger partial charge in [0.15, 0.2) is 0 Å². The first-order valence-corrected chi connectivity index (χ1v) is 9.30. The van der Waals surface area contributed by atoms with Crippen molar-refractivity contribution in [3.63, 3.8) is 0 Å². The Morgan fingerprint density at radius 3 is 2.71 bits per heavy atom. The zero-order valence-electron chi connectivity index (χ0n) is 12.9. The molecule has 0 radical (unpaired) electrons. The summed E-state index contributed by atoms with van der Waals surface area (Å²) in [5.41, 5.74) is 2.11. The van der Waals surface area contributed by atoms with E-state index in [1.807, 2.05) is 18.2 Å². The Hall–Kier alpha value is -0.830. The molecule has 1 aromatic carbocycles. The fourth-order valence-electron chi connectivity index (χ4n) is 3.18. The molecule has 0 heterocycles. The Balaban J connectivity index is 1.81. The number of anilines is 1. The van der Waals surface area contributed by atoms with Crippen molar-refractivity contribution in [2.24, 2.45) is 11.8 Å². The Morgan fingerprint density at radius 2 is 2.05 bits per heavy atom. The number of unbranched alkanes of at least 4 members (excludes halogenated alkanes) is 1. The number of nitrogens with one attached hydrogen (secondary N) is 1. The van der Waals surface area contributed by atoms with E-state index in [1.165, 1.54) is 37.7 Å². The second kappa shape index (κ2) is 8.57. The Labute approximate surface area is 136 Å². The monoisotopic (exact) mass is 351 g/mol. The van der Waals surface area contributed by atoms with Crippen LogP contribution >= 0.6 is 15.9 Å². The van der Waals surface area contributed by atoms with E-state index < -0.39 is 0 Å². The van der Waals surface area contributed by atoms with Gasteiger partial charge in [-0.1, -0.05) is 54.2 Å². The van der Waals surface area contributed by atoms with Crippen LogP contribution in [0.4, 0.5) is 5.69 Å². The van der Waals surface area contributed by atoms with Crippen molar-refractivity contribution in [3.8, 4) is 0 Å². The second-order valence-corrected chi connectivity index (χ2v) is 6.74. The minimum atomic E-state index is 0.204. The van der Waals surface area contributed by atoms with Crippen LogP contribution in [0.25, 0.3) is 0 Å². The third-order valence-electron chi connectivity index (χ3n) is 4.53. The van der Waals surface area contributed by atoms with Crippen LogP contribution in [0, 0.1) is 11.8 Å². The fourth-order valence-corrected chi connectivity index (χ4v) is 3.53. The van der Waals surface area contributed by atoms with Crippen molar-refractivity contribution in [1.82, 2.24) is 0 Å². The quantitative estimate of drug-likeness (QED) is 0.672. The highest BCUT2D eigenvalue weighted by Crippen LogP contribution is 2.32. The predicted molar refractivity (Wildman–Crippen MR) is 92.7 cm³/mol. The van der Waals surface area contributed by atoms with Gasteiger partial charge in [0.2, 0.25) is 5.91 Å². The van der Waals surface area contributed by atoms with Crippen molar-refractivity contribution >= 4 is 27.5 Å². The molecule has 1 N–H and O–H groups in total. The van der Waals surface area contributed by atoms with Crippen molar-refractivity contribution in [3.05, 3.63) is 29.8 Å². The van der Waals surface area contributed by atoms with Crippen molar-refractivity contribution in [2.45, 2.75) is 57.2 Å². The van der Waals surface area contributed by atoms with E-state index in [9.17, 15) is 4.79 Å². The molecule has 3 heteroatoms.